The minimum atomic E-state index is -0.785. The molecule has 27 heavy (non-hydrogen) atoms. The van der Waals surface area contributed by atoms with Gasteiger partial charge in [0, 0.05) is 5.75 Å². The Morgan fingerprint density at radius 1 is 1.19 bits per heavy atom. The van der Waals surface area contributed by atoms with Crippen molar-refractivity contribution in [1.82, 2.24) is 5.32 Å². The quantitative estimate of drug-likeness (QED) is 0.434. The number of nitriles is 1. The van der Waals surface area contributed by atoms with Crippen LogP contribution in [0, 0.1) is 11.3 Å². The van der Waals surface area contributed by atoms with E-state index in [-0.39, 0.29) is 15.6 Å². The monoisotopic (exact) mass is 399 g/mol. The second-order valence-electron chi connectivity index (χ2n) is 5.14. The van der Waals surface area contributed by atoms with E-state index >= 15 is 0 Å². The number of benzene rings is 2. The summed E-state index contributed by atoms with van der Waals surface area (Å²) in [7, 11) is 1.60. The molecule has 138 valence electrons. The largest absolute Gasteiger partial charge is 0.497 e. The van der Waals surface area contributed by atoms with Crippen LogP contribution in [0.5, 0.6) is 11.5 Å². The number of ether oxygens (including phenoxy) is 2. The van der Waals surface area contributed by atoms with Gasteiger partial charge in [0.1, 0.15) is 28.1 Å². The molecule has 0 radical (unpaired) electrons. The lowest BCUT2D eigenvalue weighted by molar-refractivity contribution is 0.206. The van der Waals surface area contributed by atoms with Gasteiger partial charge in [0.2, 0.25) is 0 Å². The molecule has 2 aromatic rings. The zero-order valence-corrected chi connectivity index (χ0v) is 16.1. The van der Waals surface area contributed by atoms with E-state index < -0.39 is 6.09 Å². The van der Waals surface area contributed by atoms with Crippen LogP contribution < -0.4 is 20.5 Å². The van der Waals surface area contributed by atoms with Gasteiger partial charge in [-0.2, -0.15) is 5.26 Å². The van der Waals surface area contributed by atoms with E-state index in [1.807, 2.05) is 30.3 Å². The average molecular weight is 399 g/mol. The molecular formula is C19H17N3O3S2. The van der Waals surface area contributed by atoms with E-state index in [4.69, 9.17) is 27.4 Å². The second-order valence-corrected chi connectivity index (χ2v) is 6.57. The fourth-order valence-corrected chi connectivity index (χ4v) is 3.06. The predicted octanol–water partition coefficient (Wildman–Crippen LogP) is 3.74. The average Bonchev–Trinajstić information content (AvgIpc) is 2.68. The van der Waals surface area contributed by atoms with Crippen molar-refractivity contribution < 1.29 is 14.3 Å². The van der Waals surface area contributed by atoms with Crippen molar-refractivity contribution in [3.8, 4) is 17.6 Å². The summed E-state index contributed by atoms with van der Waals surface area (Å²) in [5, 5.41) is 11.9. The molecule has 2 rings (SSSR count). The van der Waals surface area contributed by atoms with Gasteiger partial charge in [0.05, 0.1) is 12.1 Å². The molecule has 3 N–H and O–H groups in total. The number of amides is 1. The molecule has 0 bridgehead atoms. The first-order valence-corrected chi connectivity index (χ1v) is 9.16. The maximum atomic E-state index is 11.9. The van der Waals surface area contributed by atoms with Crippen molar-refractivity contribution in [3.63, 3.8) is 0 Å². The Bertz CT molecular complexity index is 875. The molecule has 8 heteroatoms. The van der Waals surface area contributed by atoms with E-state index in [9.17, 15) is 10.1 Å². The first-order chi connectivity index (χ1) is 13.0. The molecule has 6 nitrogen and oxygen atoms in total. The maximum absolute atomic E-state index is 11.9. The SMILES string of the molecule is COc1ccc(CS/C(N)=C(/C#N)C(=S)NC(=O)Oc2ccccc2)cc1. The molecule has 0 saturated heterocycles. The van der Waals surface area contributed by atoms with Crippen molar-refractivity contribution in [2.75, 3.05) is 7.11 Å². The molecule has 0 aliphatic rings. The van der Waals surface area contributed by atoms with Crippen LogP contribution in [-0.2, 0) is 5.75 Å². The molecule has 0 aromatic heterocycles. The summed E-state index contributed by atoms with van der Waals surface area (Å²) < 4.78 is 10.2. The van der Waals surface area contributed by atoms with E-state index in [0.717, 1.165) is 11.3 Å². The van der Waals surface area contributed by atoms with Crippen LogP contribution in [0.2, 0.25) is 0 Å². The molecule has 0 fully saturated rings. The highest BCUT2D eigenvalue weighted by Crippen LogP contribution is 2.22. The summed E-state index contributed by atoms with van der Waals surface area (Å²) in [4.78, 5) is 11.8. The van der Waals surface area contributed by atoms with Gasteiger partial charge >= 0.3 is 6.09 Å². The van der Waals surface area contributed by atoms with Gasteiger partial charge in [-0.15, -0.1) is 11.8 Å². The number of methoxy groups -OCH3 is 1. The summed E-state index contributed by atoms with van der Waals surface area (Å²) in [6, 6.07) is 17.9. The Labute approximate surface area is 167 Å². The van der Waals surface area contributed by atoms with Gasteiger partial charge < -0.3 is 15.2 Å². The number of nitrogens with two attached hydrogens (primary N) is 1. The number of hydrogen-bond acceptors (Lipinski definition) is 7. The first-order valence-electron chi connectivity index (χ1n) is 7.77. The van der Waals surface area contributed by atoms with E-state index in [1.54, 1.807) is 37.4 Å². The Hall–Kier alpha value is -3.02. The fourth-order valence-electron chi connectivity index (χ4n) is 1.95. The second kappa shape index (κ2) is 10.2. The lowest BCUT2D eigenvalue weighted by atomic mass is 10.2. The summed E-state index contributed by atoms with van der Waals surface area (Å²) >= 11 is 6.35. The van der Waals surface area contributed by atoms with Crippen molar-refractivity contribution >= 4 is 35.1 Å². The van der Waals surface area contributed by atoms with Gasteiger partial charge in [-0.3, -0.25) is 5.32 Å². The topological polar surface area (TPSA) is 97.4 Å². The van der Waals surface area contributed by atoms with Crippen LogP contribution in [-0.4, -0.2) is 18.2 Å². The Morgan fingerprint density at radius 3 is 2.44 bits per heavy atom. The molecule has 2 aromatic carbocycles. The zero-order chi connectivity index (χ0) is 19.6. The highest BCUT2D eigenvalue weighted by atomic mass is 32.2. The number of nitrogens with one attached hydrogen (secondary N) is 1. The Kier molecular flexibility index (Phi) is 7.67. The van der Waals surface area contributed by atoms with Crippen LogP contribution >= 0.6 is 24.0 Å². The molecule has 0 aliphatic carbocycles. The number of carbonyl (C=O) groups is 1. The third kappa shape index (κ3) is 6.33. The standard InChI is InChI=1S/C19H17N3O3S2/c1-24-14-9-7-13(8-10-14)12-27-17(21)16(11-20)18(26)22-19(23)25-15-5-3-2-4-6-15/h2-10H,12,21H2,1H3,(H,22,23,26)/b17-16-. The Balaban J connectivity index is 1.96. The zero-order valence-electron chi connectivity index (χ0n) is 14.5. The van der Waals surface area contributed by atoms with Gasteiger partial charge in [-0.1, -0.05) is 42.5 Å². The number of para-hydroxylation sites is 1. The highest BCUT2D eigenvalue weighted by molar-refractivity contribution is 8.02. The third-order valence-electron chi connectivity index (χ3n) is 3.31. The van der Waals surface area contributed by atoms with Crippen LogP contribution in [0.25, 0.3) is 0 Å². The van der Waals surface area contributed by atoms with E-state index in [1.165, 1.54) is 11.8 Å². The van der Waals surface area contributed by atoms with Crippen LogP contribution in [0.3, 0.4) is 0 Å². The molecule has 0 heterocycles. The van der Waals surface area contributed by atoms with E-state index in [0.29, 0.717) is 11.5 Å². The smallest absolute Gasteiger partial charge is 0.417 e. The molecule has 0 atom stereocenters. The van der Waals surface area contributed by atoms with Crippen molar-refractivity contribution in [2.24, 2.45) is 5.73 Å². The number of thioether (sulfide) groups is 1. The van der Waals surface area contributed by atoms with Gasteiger partial charge in [-0.25, -0.2) is 4.79 Å². The lowest BCUT2D eigenvalue weighted by Crippen LogP contribution is -2.33. The maximum Gasteiger partial charge on any atom is 0.417 e. The van der Waals surface area contributed by atoms with Crippen molar-refractivity contribution in [2.45, 2.75) is 5.75 Å². The van der Waals surface area contributed by atoms with Crippen LogP contribution in [0.15, 0.2) is 65.2 Å². The van der Waals surface area contributed by atoms with Gasteiger partial charge in [0.15, 0.2) is 0 Å². The summed E-state index contributed by atoms with van der Waals surface area (Å²) in [6.45, 7) is 0. The molecule has 0 aliphatic heterocycles. The summed E-state index contributed by atoms with van der Waals surface area (Å²) in [5.41, 5.74) is 7.00. The van der Waals surface area contributed by atoms with Crippen molar-refractivity contribution in [3.05, 3.63) is 70.8 Å². The minimum absolute atomic E-state index is 0.0218. The normalized spacial score (nSPS) is 11.0. The molecule has 0 spiro atoms. The fraction of sp³-hybridized carbons (Fsp3) is 0.105. The van der Waals surface area contributed by atoms with E-state index in [2.05, 4.69) is 5.32 Å². The van der Waals surface area contributed by atoms with Gasteiger partial charge in [0.25, 0.3) is 0 Å². The number of nitrogens with zero attached hydrogens (tertiary/aromatic N) is 1. The molecule has 0 unspecified atom stereocenters. The molecular weight excluding hydrogens is 382 g/mol. The third-order valence-corrected chi connectivity index (χ3v) is 4.61. The van der Waals surface area contributed by atoms with Crippen LogP contribution in [0.1, 0.15) is 5.56 Å². The number of thiocarbonyl (C=S) groups is 1. The summed E-state index contributed by atoms with van der Waals surface area (Å²) in [6.07, 6.45) is -0.785. The predicted molar refractivity (Wildman–Crippen MR) is 109 cm³/mol. The van der Waals surface area contributed by atoms with Gasteiger partial charge in [-0.05, 0) is 29.8 Å². The number of hydrogen-bond donors (Lipinski definition) is 2. The number of rotatable bonds is 6. The Morgan fingerprint density at radius 2 is 1.85 bits per heavy atom. The molecule has 0 saturated carbocycles. The first kappa shape index (κ1) is 20.3. The lowest BCUT2D eigenvalue weighted by Gasteiger charge is -2.09. The highest BCUT2D eigenvalue weighted by Gasteiger charge is 2.14. The summed E-state index contributed by atoms with van der Waals surface area (Å²) in [5.74, 6) is 1.66. The minimum Gasteiger partial charge on any atom is -0.497 e. The number of carbonyl (C=O) groups excluding carboxylic acids is 1. The molecule has 1 amide bonds. The van der Waals surface area contributed by atoms with Crippen molar-refractivity contribution in [1.29, 1.82) is 5.26 Å². The van der Waals surface area contributed by atoms with Crippen LogP contribution in [0.4, 0.5) is 4.79 Å².